The third kappa shape index (κ3) is 7.59. The molecule has 0 bridgehead atoms. The Bertz CT molecular complexity index is 1320. The number of anilines is 2. The highest BCUT2D eigenvalue weighted by atomic mass is 19.4. The van der Waals surface area contributed by atoms with Gasteiger partial charge in [0.1, 0.15) is 0 Å². The molecule has 5 rings (SSSR count). The van der Waals surface area contributed by atoms with Crippen LogP contribution in [0.4, 0.5) is 24.5 Å². The van der Waals surface area contributed by atoms with Crippen molar-refractivity contribution < 1.29 is 18.0 Å². The molecule has 1 unspecified atom stereocenters. The molecule has 1 aromatic heterocycles. The van der Waals surface area contributed by atoms with Crippen molar-refractivity contribution in [2.75, 3.05) is 25.0 Å². The second kappa shape index (κ2) is 13.6. The third-order valence-electron chi connectivity index (χ3n) is 8.63. The van der Waals surface area contributed by atoms with Gasteiger partial charge in [-0.25, -0.2) is 0 Å². The van der Waals surface area contributed by atoms with Crippen LogP contribution in [0.15, 0.2) is 79.1 Å². The summed E-state index contributed by atoms with van der Waals surface area (Å²) in [5.74, 6) is -0.119. The normalized spacial score (nSPS) is 18.7. The van der Waals surface area contributed by atoms with Crippen molar-refractivity contribution in [3.05, 3.63) is 95.8 Å². The Balaban J connectivity index is 1.36. The number of amides is 1. The van der Waals surface area contributed by atoms with Gasteiger partial charge in [-0.15, -0.1) is 0 Å². The van der Waals surface area contributed by atoms with E-state index in [9.17, 15) is 18.0 Å². The number of nitrogens with zero attached hydrogens (tertiary/aromatic N) is 4. The Morgan fingerprint density at radius 2 is 1.55 bits per heavy atom. The number of rotatable bonds is 8. The van der Waals surface area contributed by atoms with E-state index in [1.54, 1.807) is 18.5 Å². The van der Waals surface area contributed by atoms with E-state index in [1.807, 2.05) is 24.1 Å². The van der Waals surface area contributed by atoms with Gasteiger partial charge in [0.15, 0.2) is 0 Å². The fraction of sp³-hybridized carbons (Fsp3) is 0.412. The summed E-state index contributed by atoms with van der Waals surface area (Å²) in [7, 11) is 2.01. The summed E-state index contributed by atoms with van der Waals surface area (Å²) in [5, 5.41) is 0. The molecule has 8 heteroatoms. The number of pyridine rings is 1. The topological polar surface area (TPSA) is 39.7 Å². The monoisotopic (exact) mass is 576 g/mol. The van der Waals surface area contributed by atoms with Crippen molar-refractivity contribution in [1.29, 1.82) is 0 Å². The molecule has 2 heterocycles. The molecule has 1 saturated heterocycles. The molecule has 1 aliphatic carbocycles. The van der Waals surface area contributed by atoms with Crippen LogP contribution in [0.5, 0.6) is 0 Å². The molecule has 0 spiro atoms. The standard InChI is InChI=1S/C34H39F3N4O/c1-39(30-19-21-38-22-20-30)29-16-11-27(12-17-29)24-41(32-8-4-5-23-40(25-32)31-6-2-3-7-31)33(42)18-13-26-9-14-28(15-10-26)34(35,36)37/h9-22,31-32H,2-8,23-25H2,1H3. The summed E-state index contributed by atoms with van der Waals surface area (Å²) in [6.07, 6.45) is 10.4. The van der Waals surface area contributed by atoms with Crippen molar-refractivity contribution in [2.24, 2.45) is 0 Å². The zero-order valence-corrected chi connectivity index (χ0v) is 24.1. The van der Waals surface area contributed by atoms with Crippen molar-refractivity contribution in [1.82, 2.24) is 14.8 Å². The highest BCUT2D eigenvalue weighted by Crippen LogP contribution is 2.30. The van der Waals surface area contributed by atoms with Crippen LogP contribution >= 0.6 is 0 Å². The van der Waals surface area contributed by atoms with Crippen LogP contribution in [0.2, 0.25) is 0 Å². The second-order valence-corrected chi connectivity index (χ2v) is 11.4. The van der Waals surface area contributed by atoms with Gasteiger partial charge in [0.05, 0.1) is 5.56 Å². The first-order valence-electron chi connectivity index (χ1n) is 14.9. The average molecular weight is 577 g/mol. The number of benzene rings is 2. The van der Waals surface area contributed by atoms with Gasteiger partial charge in [0.25, 0.3) is 0 Å². The summed E-state index contributed by atoms with van der Waals surface area (Å²) >= 11 is 0. The maximum atomic E-state index is 13.8. The van der Waals surface area contributed by atoms with Gasteiger partial charge in [-0.2, -0.15) is 13.2 Å². The van der Waals surface area contributed by atoms with E-state index in [0.29, 0.717) is 18.2 Å². The number of aromatic nitrogens is 1. The second-order valence-electron chi connectivity index (χ2n) is 11.4. The molecule has 1 atom stereocenters. The molecule has 42 heavy (non-hydrogen) atoms. The predicted molar refractivity (Wildman–Crippen MR) is 161 cm³/mol. The maximum absolute atomic E-state index is 13.8. The summed E-state index contributed by atoms with van der Waals surface area (Å²) in [5.41, 5.74) is 2.97. The van der Waals surface area contributed by atoms with Crippen LogP contribution in [0.3, 0.4) is 0 Å². The number of alkyl halides is 3. The van der Waals surface area contributed by atoms with Gasteiger partial charge < -0.3 is 9.80 Å². The largest absolute Gasteiger partial charge is 0.416 e. The van der Waals surface area contributed by atoms with Gasteiger partial charge in [-0.3, -0.25) is 14.7 Å². The van der Waals surface area contributed by atoms with Crippen molar-refractivity contribution in [3.8, 4) is 0 Å². The first-order valence-corrected chi connectivity index (χ1v) is 14.9. The molecule has 5 nitrogen and oxygen atoms in total. The summed E-state index contributed by atoms with van der Waals surface area (Å²) < 4.78 is 39.0. The number of likely N-dealkylation sites (tertiary alicyclic amines) is 1. The summed E-state index contributed by atoms with van der Waals surface area (Å²) in [6, 6.07) is 17.8. The van der Waals surface area contributed by atoms with E-state index in [4.69, 9.17) is 0 Å². The van der Waals surface area contributed by atoms with Crippen LogP contribution in [0, 0.1) is 0 Å². The van der Waals surface area contributed by atoms with Crippen LogP contribution in [-0.2, 0) is 17.5 Å². The fourth-order valence-electron chi connectivity index (χ4n) is 6.18. The highest BCUT2D eigenvalue weighted by Gasteiger charge is 2.31. The molecule has 0 radical (unpaired) electrons. The Labute approximate surface area is 246 Å². The minimum Gasteiger partial charge on any atom is -0.345 e. The van der Waals surface area contributed by atoms with E-state index < -0.39 is 11.7 Å². The number of carbonyl (C=O) groups excluding carboxylic acids is 1. The van der Waals surface area contributed by atoms with Gasteiger partial charge >= 0.3 is 6.18 Å². The summed E-state index contributed by atoms with van der Waals surface area (Å²) in [6.45, 7) is 2.40. The number of carbonyl (C=O) groups is 1. The van der Waals surface area contributed by atoms with E-state index in [2.05, 4.69) is 39.0 Å². The molecule has 2 fully saturated rings. The third-order valence-corrected chi connectivity index (χ3v) is 8.63. The first kappa shape index (κ1) is 29.8. The lowest BCUT2D eigenvalue weighted by Crippen LogP contribution is -2.47. The van der Waals surface area contributed by atoms with Gasteiger partial charge in [-0.1, -0.05) is 43.5 Å². The minimum absolute atomic E-state index is 0.0667. The molecule has 222 valence electrons. The zero-order chi connectivity index (χ0) is 29.5. The zero-order valence-electron chi connectivity index (χ0n) is 24.1. The van der Waals surface area contributed by atoms with E-state index in [0.717, 1.165) is 61.4 Å². The Morgan fingerprint density at radius 3 is 2.21 bits per heavy atom. The van der Waals surface area contributed by atoms with Gasteiger partial charge in [0, 0.05) is 62.1 Å². The molecule has 0 N–H and O–H groups in total. The Morgan fingerprint density at radius 1 is 0.905 bits per heavy atom. The Kier molecular flexibility index (Phi) is 9.62. The van der Waals surface area contributed by atoms with Crippen LogP contribution in [0.25, 0.3) is 6.08 Å². The molecule has 3 aromatic rings. The van der Waals surface area contributed by atoms with Crippen molar-refractivity contribution >= 4 is 23.4 Å². The molecular weight excluding hydrogens is 537 g/mol. The Hall–Kier alpha value is -3.65. The van der Waals surface area contributed by atoms with Crippen LogP contribution in [-0.4, -0.2) is 52.9 Å². The number of halogens is 3. The molecule has 1 aliphatic heterocycles. The maximum Gasteiger partial charge on any atom is 0.416 e. The smallest absolute Gasteiger partial charge is 0.345 e. The number of hydrogen-bond acceptors (Lipinski definition) is 4. The predicted octanol–water partition coefficient (Wildman–Crippen LogP) is 7.71. The molecule has 2 aliphatic rings. The van der Waals surface area contributed by atoms with E-state index in [1.165, 1.54) is 43.9 Å². The lowest BCUT2D eigenvalue weighted by atomic mass is 10.1. The molecular formula is C34H39F3N4O. The molecule has 1 amide bonds. The summed E-state index contributed by atoms with van der Waals surface area (Å²) in [4.78, 5) is 24.5. The van der Waals surface area contributed by atoms with Crippen LogP contribution in [0.1, 0.15) is 61.6 Å². The van der Waals surface area contributed by atoms with Gasteiger partial charge in [-0.05, 0) is 85.8 Å². The van der Waals surface area contributed by atoms with E-state index >= 15 is 0 Å². The molecule has 1 saturated carbocycles. The first-order chi connectivity index (χ1) is 20.3. The van der Waals surface area contributed by atoms with E-state index in [-0.39, 0.29) is 11.9 Å². The minimum atomic E-state index is -4.39. The fourth-order valence-corrected chi connectivity index (χ4v) is 6.18. The quantitative estimate of drug-likeness (QED) is 0.258. The highest BCUT2D eigenvalue weighted by molar-refractivity contribution is 5.92. The van der Waals surface area contributed by atoms with Crippen LogP contribution < -0.4 is 4.90 Å². The molecule has 2 aromatic carbocycles. The SMILES string of the molecule is CN(c1ccncc1)c1ccc(CN(C(=O)C=Cc2ccc(C(F)(F)F)cc2)C2CCCCN(C3CCCC3)C2)cc1. The average Bonchev–Trinajstić information content (AvgIpc) is 3.44. The number of hydrogen-bond donors (Lipinski definition) is 0. The lowest BCUT2D eigenvalue weighted by Gasteiger charge is -2.36. The van der Waals surface area contributed by atoms with Crippen molar-refractivity contribution in [3.63, 3.8) is 0 Å². The van der Waals surface area contributed by atoms with Gasteiger partial charge in [0.2, 0.25) is 5.91 Å². The van der Waals surface area contributed by atoms with Crippen molar-refractivity contribution in [2.45, 2.75) is 69.8 Å². The lowest BCUT2D eigenvalue weighted by molar-refractivity contribution is -0.137.